The minimum Gasteiger partial charge on any atom is -0.497 e. The van der Waals surface area contributed by atoms with Crippen molar-refractivity contribution in [2.45, 2.75) is 43.7 Å². The van der Waals surface area contributed by atoms with Gasteiger partial charge in [-0.05, 0) is 74.2 Å². The second-order valence-electron chi connectivity index (χ2n) is 9.31. The maximum absolute atomic E-state index is 13.6. The fourth-order valence-corrected chi connectivity index (χ4v) is 5.85. The van der Waals surface area contributed by atoms with Crippen molar-refractivity contribution in [1.29, 1.82) is 0 Å². The second kappa shape index (κ2) is 9.17. The minimum absolute atomic E-state index is 0.0372. The van der Waals surface area contributed by atoms with Gasteiger partial charge in [-0.3, -0.25) is 4.79 Å². The van der Waals surface area contributed by atoms with E-state index in [1.165, 1.54) is 18.1 Å². The molecule has 0 radical (unpaired) electrons. The fourth-order valence-electron chi connectivity index (χ4n) is 4.91. The third kappa shape index (κ3) is 4.36. The van der Waals surface area contributed by atoms with E-state index >= 15 is 0 Å². The highest BCUT2D eigenvalue weighted by atomic mass is 35.5. The average molecular weight is 508 g/mol. The molecule has 0 bridgehead atoms. The van der Waals surface area contributed by atoms with Crippen LogP contribution in [0.5, 0.6) is 5.75 Å². The fraction of sp³-hybridized carbons (Fsp3) is 0.308. The summed E-state index contributed by atoms with van der Waals surface area (Å²) in [6.45, 7) is 6.45. The van der Waals surface area contributed by atoms with Gasteiger partial charge in [-0.2, -0.15) is 5.10 Å². The number of ether oxygens (including phenoxy) is 1. The molecule has 0 spiro atoms. The van der Waals surface area contributed by atoms with Gasteiger partial charge in [0.25, 0.3) is 0 Å². The van der Waals surface area contributed by atoms with E-state index in [9.17, 15) is 4.79 Å². The zero-order valence-corrected chi connectivity index (χ0v) is 21.6. The number of amides is 1. The SMILES string of the molecule is COc1ccc2c(c1)C(C)CC(C)(C)N2C(=O)CSc1ncnc2c1cnn2-c1ccc(Cl)cc1. The van der Waals surface area contributed by atoms with Crippen LogP contribution in [0.2, 0.25) is 5.02 Å². The highest BCUT2D eigenvalue weighted by molar-refractivity contribution is 8.00. The second-order valence-corrected chi connectivity index (χ2v) is 10.7. The van der Waals surface area contributed by atoms with Crippen molar-refractivity contribution in [3.63, 3.8) is 0 Å². The van der Waals surface area contributed by atoms with Crippen molar-refractivity contribution in [3.8, 4) is 11.4 Å². The Morgan fingerprint density at radius 2 is 1.97 bits per heavy atom. The third-order valence-corrected chi connectivity index (χ3v) is 7.64. The largest absolute Gasteiger partial charge is 0.497 e. The Morgan fingerprint density at radius 3 is 2.71 bits per heavy atom. The summed E-state index contributed by atoms with van der Waals surface area (Å²) >= 11 is 7.43. The van der Waals surface area contributed by atoms with Crippen molar-refractivity contribution in [2.24, 2.45) is 0 Å². The molecule has 0 fully saturated rings. The zero-order valence-electron chi connectivity index (χ0n) is 20.0. The number of rotatable bonds is 5. The van der Waals surface area contributed by atoms with Gasteiger partial charge in [-0.25, -0.2) is 14.6 Å². The monoisotopic (exact) mass is 507 g/mol. The lowest BCUT2D eigenvalue weighted by atomic mass is 9.80. The molecule has 180 valence electrons. The van der Waals surface area contributed by atoms with Crippen LogP contribution in [-0.2, 0) is 4.79 Å². The molecule has 0 aliphatic carbocycles. The lowest BCUT2D eigenvalue weighted by Gasteiger charge is -2.46. The van der Waals surface area contributed by atoms with Crippen LogP contribution in [0.4, 0.5) is 5.69 Å². The van der Waals surface area contributed by atoms with Crippen molar-refractivity contribution in [1.82, 2.24) is 19.7 Å². The number of hydrogen-bond donors (Lipinski definition) is 0. The first-order valence-electron chi connectivity index (χ1n) is 11.4. The Labute approximate surface area is 213 Å². The number of fused-ring (bicyclic) bond motifs is 2. The predicted octanol–water partition coefficient (Wildman–Crippen LogP) is 5.89. The van der Waals surface area contributed by atoms with Gasteiger partial charge < -0.3 is 9.64 Å². The van der Waals surface area contributed by atoms with E-state index in [-0.39, 0.29) is 17.2 Å². The number of halogens is 1. The average Bonchev–Trinajstić information content (AvgIpc) is 3.27. The lowest BCUT2D eigenvalue weighted by Crippen LogP contribution is -2.52. The lowest BCUT2D eigenvalue weighted by molar-refractivity contribution is -0.117. The van der Waals surface area contributed by atoms with E-state index in [2.05, 4.69) is 35.8 Å². The maximum Gasteiger partial charge on any atom is 0.237 e. The van der Waals surface area contributed by atoms with Gasteiger partial charge >= 0.3 is 0 Å². The molecule has 7 nitrogen and oxygen atoms in total. The number of carbonyl (C=O) groups is 1. The van der Waals surface area contributed by atoms with E-state index in [4.69, 9.17) is 16.3 Å². The summed E-state index contributed by atoms with van der Waals surface area (Å²) in [4.78, 5) is 24.4. The molecule has 1 atom stereocenters. The molecule has 0 saturated heterocycles. The van der Waals surface area contributed by atoms with Crippen LogP contribution in [-0.4, -0.2) is 44.1 Å². The van der Waals surface area contributed by atoms with Crippen molar-refractivity contribution >= 4 is 46.0 Å². The summed E-state index contributed by atoms with van der Waals surface area (Å²) in [5, 5.41) is 6.68. The molecule has 0 saturated carbocycles. The number of thioether (sulfide) groups is 1. The number of aromatic nitrogens is 4. The Hall–Kier alpha value is -3.10. The molecule has 2 aromatic carbocycles. The quantitative estimate of drug-likeness (QED) is 0.248. The van der Waals surface area contributed by atoms with Crippen molar-refractivity contribution < 1.29 is 9.53 Å². The summed E-state index contributed by atoms with van der Waals surface area (Å²) in [5.74, 6) is 1.42. The van der Waals surface area contributed by atoms with Crippen LogP contribution in [0.15, 0.2) is 60.0 Å². The van der Waals surface area contributed by atoms with E-state index in [1.807, 2.05) is 47.4 Å². The van der Waals surface area contributed by atoms with Crippen LogP contribution in [0.1, 0.15) is 38.7 Å². The van der Waals surface area contributed by atoms with Crippen molar-refractivity contribution in [2.75, 3.05) is 17.8 Å². The van der Waals surface area contributed by atoms with Gasteiger partial charge in [0, 0.05) is 16.2 Å². The molecule has 35 heavy (non-hydrogen) atoms. The zero-order chi connectivity index (χ0) is 24.7. The summed E-state index contributed by atoms with van der Waals surface area (Å²) < 4.78 is 7.17. The molecule has 1 aliphatic heterocycles. The first kappa shape index (κ1) is 23.6. The summed E-state index contributed by atoms with van der Waals surface area (Å²) in [5.41, 5.74) is 3.31. The molecular formula is C26H26ClN5O2S. The van der Waals surface area contributed by atoms with E-state index in [0.29, 0.717) is 16.6 Å². The Bertz CT molecular complexity index is 1400. The standard InChI is InChI=1S/C26H26ClN5O2S/c1-16-12-26(2,3)31(22-10-9-19(34-4)11-20(16)22)23(33)14-35-25-21-13-30-32(24(21)28-15-29-25)18-7-5-17(27)6-8-18/h5-11,13,15-16H,12,14H2,1-4H3. The summed E-state index contributed by atoms with van der Waals surface area (Å²) in [6, 6.07) is 13.4. The van der Waals surface area contributed by atoms with E-state index in [1.54, 1.807) is 18.0 Å². The van der Waals surface area contributed by atoms with Crippen molar-refractivity contribution in [3.05, 3.63) is 65.6 Å². The molecule has 2 aromatic heterocycles. The highest BCUT2D eigenvalue weighted by Gasteiger charge is 2.40. The number of methoxy groups -OCH3 is 1. The Morgan fingerprint density at radius 1 is 1.20 bits per heavy atom. The molecule has 5 rings (SSSR count). The Kier molecular flexibility index (Phi) is 6.19. The summed E-state index contributed by atoms with van der Waals surface area (Å²) in [7, 11) is 1.66. The summed E-state index contributed by atoms with van der Waals surface area (Å²) in [6.07, 6.45) is 4.12. The smallest absolute Gasteiger partial charge is 0.237 e. The molecular weight excluding hydrogens is 482 g/mol. The van der Waals surface area contributed by atoms with E-state index in [0.717, 1.165) is 39.5 Å². The van der Waals surface area contributed by atoms with Gasteiger partial charge in [0.2, 0.25) is 5.91 Å². The number of carbonyl (C=O) groups excluding carboxylic acids is 1. The van der Waals surface area contributed by atoms with Gasteiger partial charge in [0.15, 0.2) is 5.65 Å². The van der Waals surface area contributed by atoms with E-state index < -0.39 is 0 Å². The molecule has 0 N–H and O–H groups in total. The van der Waals surface area contributed by atoms with Gasteiger partial charge in [-0.15, -0.1) is 0 Å². The molecule has 1 aliphatic rings. The first-order chi connectivity index (χ1) is 16.8. The maximum atomic E-state index is 13.6. The van der Waals surface area contributed by atoms with Crippen LogP contribution < -0.4 is 9.64 Å². The Balaban J connectivity index is 1.42. The van der Waals surface area contributed by atoms with Crippen LogP contribution in [0.3, 0.4) is 0 Å². The molecule has 9 heteroatoms. The molecule has 4 aromatic rings. The highest BCUT2D eigenvalue weighted by Crippen LogP contribution is 2.45. The van der Waals surface area contributed by atoms with Gasteiger partial charge in [0.05, 0.1) is 30.1 Å². The van der Waals surface area contributed by atoms with Crippen LogP contribution >= 0.6 is 23.4 Å². The number of anilines is 1. The first-order valence-corrected chi connectivity index (χ1v) is 12.7. The number of nitrogens with zero attached hydrogens (tertiary/aromatic N) is 5. The molecule has 1 amide bonds. The molecule has 3 heterocycles. The van der Waals surface area contributed by atoms with Crippen LogP contribution in [0, 0.1) is 0 Å². The number of benzene rings is 2. The predicted molar refractivity (Wildman–Crippen MR) is 140 cm³/mol. The van der Waals surface area contributed by atoms with Crippen LogP contribution in [0.25, 0.3) is 16.7 Å². The van der Waals surface area contributed by atoms with Gasteiger partial charge in [-0.1, -0.05) is 30.3 Å². The topological polar surface area (TPSA) is 73.1 Å². The molecule has 1 unspecified atom stereocenters. The minimum atomic E-state index is -0.306. The number of hydrogen-bond acceptors (Lipinski definition) is 6. The third-order valence-electron chi connectivity index (χ3n) is 6.40. The normalized spacial score (nSPS) is 16.8. The van der Waals surface area contributed by atoms with Gasteiger partial charge in [0.1, 0.15) is 17.1 Å².